The molecule has 0 amide bonds. The number of hydrogen-bond acceptors (Lipinski definition) is 3. The molecule has 1 aromatic carbocycles. The molecule has 0 saturated carbocycles. The SMILES string of the molecule is CCCOc1ccc(CNC)c(OCCC(F)(F)F)c1. The molecular weight excluding hydrogens is 271 g/mol. The molecule has 1 N–H and O–H groups in total. The lowest BCUT2D eigenvalue weighted by atomic mass is 10.2. The molecule has 0 aliphatic heterocycles. The molecule has 114 valence electrons. The van der Waals surface area contributed by atoms with E-state index in [0.717, 1.165) is 12.0 Å². The molecule has 0 spiro atoms. The zero-order valence-electron chi connectivity index (χ0n) is 11.7. The van der Waals surface area contributed by atoms with Crippen LogP contribution < -0.4 is 14.8 Å². The fourth-order valence-electron chi connectivity index (χ4n) is 1.59. The van der Waals surface area contributed by atoms with E-state index in [2.05, 4.69) is 5.32 Å². The van der Waals surface area contributed by atoms with Gasteiger partial charge in [-0.3, -0.25) is 0 Å². The highest BCUT2D eigenvalue weighted by Crippen LogP contribution is 2.27. The van der Waals surface area contributed by atoms with Gasteiger partial charge in [0.25, 0.3) is 0 Å². The molecule has 1 aromatic rings. The van der Waals surface area contributed by atoms with E-state index in [9.17, 15) is 13.2 Å². The summed E-state index contributed by atoms with van der Waals surface area (Å²) >= 11 is 0. The summed E-state index contributed by atoms with van der Waals surface area (Å²) in [5.41, 5.74) is 0.804. The number of nitrogens with one attached hydrogen (secondary N) is 1. The van der Waals surface area contributed by atoms with Crippen molar-refractivity contribution in [1.82, 2.24) is 5.32 Å². The Morgan fingerprint density at radius 2 is 1.90 bits per heavy atom. The van der Waals surface area contributed by atoms with Gasteiger partial charge in [-0.1, -0.05) is 13.0 Å². The van der Waals surface area contributed by atoms with Gasteiger partial charge in [0.05, 0.1) is 19.6 Å². The van der Waals surface area contributed by atoms with Gasteiger partial charge in [-0.2, -0.15) is 13.2 Å². The Hall–Kier alpha value is -1.43. The first-order valence-corrected chi connectivity index (χ1v) is 6.56. The first-order chi connectivity index (χ1) is 9.46. The topological polar surface area (TPSA) is 30.5 Å². The van der Waals surface area contributed by atoms with E-state index >= 15 is 0 Å². The Morgan fingerprint density at radius 3 is 2.50 bits per heavy atom. The van der Waals surface area contributed by atoms with Gasteiger partial charge in [-0.25, -0.2) is 0 Å². The van der Waals surface area contributed by atoms with Gasteiger partial charge < -0.3 is 14.8 Å². The van der Waals surface area contributed by atoms with E-state index in [4.69, 9.17) is 9.47 Å². The third-order valence-corrected chi connectivity index (χ3v) is 2.52. The summed E-state index contributed by atoms with van der Waals surface area (Å²) in [5, 5.41) is 2.95. The normalized spacial score (nSPS) is 11.4. The van der Waals surface area contributed by atoms with Crippen molar-refractivity contribution < 1.29 is 22.6 Å². The number of rotatable bonds is 8. The van der Waals surface area contributed by atoms with Crippen LogP contribution in [0.15, 0.2) is 18.2 Å². The summed E-state index contributed by atoms with van der Waals surface area (Å²) < 4.78 is 47.1. The molecule has 0 atom stereocenters. The monoisotopic (exact) mass is 291 g/mol. The van der Waals surface area contributed by atoms with Gasteiger partial charge in [-0.05, 0) is 19.5 Å². The number of ether oxygens (including phenoxy) is 2. The zero-order valence-corrected chi connectivity index (χ0v) is 11.7. The lowest BCUT2D eigenvalue weighted by molar-refractivity contribution is -0.139. The molecule has 0 unspecified atom stereocenters. The smallest absolute Gasteiger partial charge is 0.392 e. The van der Waals surface area contributed by atoms with Crippen molar-refractivity contribution in [1.29, 1.82) is 0 Å². The first kappa shape index (κ1) is 16.6. The molecule has 0 heterocycles. The first-order valence-electron chi connectivity index (χ1n) is 6.56. The van der Waals surface area contributed by atoms with Gasteiger partial charge in [-0.15, -0.1) is 0 Å². The van der Waals surface area contributed by atoms with Crippen LogP contribution in [0.5, 0.6) is 11.5 Å². The molecule has 20 heavy (non-hydrogen) atoms. The van der Waals surface area contributed by atoms with E-state index < -0.39 is 19.2 Å². The van der Waals surface area contributed by atoms with Crippen LogP contribution in [-0.4, -0.2) is 26.4 Å². The Labute approximate surface area is 117 Å². The summed E-state index contributed by atoms with van der Waals surface area (Å²) in [6.45, 7) is 2.68. The predicted molar refractivity (Wildman–Crippen MR) is 71.2 cm³/mol. The standard InChI is InChI=1S/C14H20F3NO2/c1-3-7-19-12-5-4-11(10-18-2)13(9-12)20-8-6-14(15,16)17/h4-5,9,18H,3,6-8,10H2,1-2H3. The maximum absolute atomic E-state index is 12.1. The van der Waals surface area contributed by atoms with Crippen molar-refractivity contribution in [2.75, 3.05) is 20.3 Å². The highest BCUT2D eigenvalue weighted by molar-refractivity contribution is 5.40. The molecule has 0 aliphatic rings. The van der Waals surface area contributed by atoms with Crippen LogP contribution in [-0.2, 0) is 6.54 Å². The van der Waals surface area contributed by atoms with Gasteiger partial charge >= 0.3 is 6.18 Å². The van der Waals surface area contributed by atoms with Gasteiger partial charge in [0.1, 0.15) is 11.5 Å². The van der Waals surface area contributed by atoms with E-state index in [1.165, 1.54) is 0 Å². The Kier molecular flexibility index (Phi) is 6.64. The minimum absolute atomic E-state index is 0.391. The molecule has 0 radical (unpaired) electrons. The third-order valence-electron chi connectivity index (χ3n) is 2.52. The largest absolute Gasteiger partial charge is 0.493 e. The molecule has 0 aliphatic carbocycles. The van der Waals surface area contributed by atoms with Crippen molar-refractivity contribution in [2.24, 2.45) is 0 Å². The average Bonchev–Trinajstić information content (AvgIpc) is 2.37. The maximum atomic E-state index is 12.1. The number of hydrogen-bond donors (Lipinski definition) is 1. The quantitative estimate of drug-likeness (QED) is 0.795. The van der Waals surface area contributed by atoms with Crippen LogP contribution in [0.2, 0.25) is 0 Å². The Morgan fingerprint density at radius 1 is 1.15 bits per heavy atom. The van der Waals surface area contributed by atoms with Crippen LogP contribution in [0, 0.1) is 0 Å². The second kappa shape index (κ2) is 7.99. The van der Waals surface area contributed by atoms with Gasteiger partial charge in [0.2, 0.25) is 0 Å². The van der Waals surface area contributed by atoms with E-state index in [0.29, 0.717) is 24.7 Å². The molecule has 0 fully saturated rings. The minimum Gasteiger partial charge on any atom is -0.493 e. The molecule has 6 heteroatoms. The average molecular weight is 291 g/mol. The number of alkyl halides is 3. The lowest BCUT2D eigenvalue weighted by Gasteiger charge is -2.14. The Balaban J connectivity index is 2.72. The highest BCUT2D eigenvalue weighted by Gasteiger charge is 2.27. The lowest BCUT2D eigenvalue weighted by Crippen LogP contribution is -2.14. The predicted octanol–water partition coefficient (Wildman–Crippen LogP) is 3.53. The van der Waals surface area contributed by atoms with Crippen LogP contribution >= 0.6 is 0 Å². The van der Waals surface area contributed by atoms with E-state index in [1.807, 2.05) is 6.92 Å². The number of benzene rings is 1. The van der Waals surface area contributed by atoms with E-state index in [-0.39, 0.29) is 0 Å². The molecule has 1 rings (SSSR count). The zero-order chi connectivity index (χ0) is 15.0. The highest BCUT2D eigenvalue weighted by atomic mass is 19.4. The maximum Gasteiger partial charge on any atom is 0.392 e. The summed E-state index contributed by atoms with van der Waals surface area (Å²) in [6, 6.07) is 5.22. The minimum atomic E-state index is -4.21. The molecule has 0 saturated heterocycles. The van der Waals surface area contributed by atoms with Crippen molar-refractivity contribution in [3.05, 3.63) is 23.8 Å². The van der Waals surface area contributed by atoms with Crippen molar-refractivity contribution in [3.8, 4) is 11.5 Å². The van der Waals surface area contributed by atoms with Crippen LogP contribution in [0.3, 0.4) is 0 Å². The van der Waals surface area contributed by atoms with Crippen molar-refractivity contribution >= 4 is 0 Å². The molecular formula is C14H20F3NO2. The van der Waals surface area contributed by atoms with Gasteiger partial charge in [0, 0.05) is 18.2 Å². The third kappa shape index (κ3) is 6.14. The second-order valence-corrected chi connectivity index (χ2v) is 4.36. The van der Waals surface area contributed by atoms with Crippen molar-refractivity contribution in [2.45, 2.75) is 32.5 Å². The fourth-order valence-corrected chi connectivity index (χ4v) is 1.59. The molecule has 0 aromatic heterocycles. The van der Waals surface area contributed by atoms with Crippen LogP contribution in [0.4, 0.5) is 13.2 Å². The second-order valence-electron chi connectivity index (χ2n) is 4.36. The van der Waals surface area contributed by atoms with Crippen molar-refractivity contribution in [3.63, 3.8) is 0 Å². The summed E-state index contributed by atoms with van der Waals surface area (Å²) in [7, 11) is 1.76. The molecule has 3 nitrogen and oxygen atoms in total. The molecule has 0 bridgehead atoms. The summed E-state index contributed by atoms with van der Waals surface area (Å²) in [4.78, 5) is 0. The van der Waals surface area contributed by atoms with Gasteiger partial charge in [0.15, 0.2) is 0 Å². The fraction of sp³-hybridized carbons (Fsp3) is 0.571. The Bertz CT molecular complexity index is 408. The van der Waals surface area contributed by atoms with Crippen LogP contribution in [0.25, 0.3) is 0 Å². The van der Waals surface area contributed by atoms with Crippen LogP contribution in [0.1, 0.15) is 25.3 Å². The summed E-state index contributed by atoms with van der Waals surface area (Å²) in [6.07, 6.45) is -4.31. The van der Waals surface area contributed by atoms with E-state index in [1.54, 1.807) is 25.2 Å². The number of halogens is 3. The summed E-state index contributed by atoms with van der Waals surface area (Å²) in [5.74, 6) is 1.03.